The molecule has 5 aliphatic carbocycles. The van der Waals surface area contributed by atoms with E-state index < -0.39 is 0 Å². The van der Waals surface area contributed by atoms with Crippen LogP contribution in [-0.4, -0.2) is 24.0 Å². The first-order valence-electron chi connectivity index (χ1n) is 12.7. The van der Waals surface area contributed by atoms with Crippen molar-refractivity contribution in [2.45, 2.75) is 89.5 Å². The molecule has 2 heteroatoms. The summed E-state index contributed by atoms with van der Waals surface area (Å²) in [4.78, 5) is 2.64. The summed E-state index contributed by atoms with van der Waals surface area (Å²) in [6, 6.07) is 7.60. The van der Waals surface area contributed by atoms with Crippen LogP contribution in [0.5, 0.6) is 0 Å². The molecule has 1 aromatic carbocycles. The fourth-order valence-electron chi connectivity index (χ4n) is 7.71. The molecule has 0 heterocycles. The first-order valence-corrected chi connectivity index (χ1v) is 13.1. The number of hydrogen-bond donors (Lipinski definition) is 0. The topological polar surface area (TPSA) is 3.24 Å². The normalized spacial score (nSPS) is 33.0. The van der Waals surface area contributed by atoms with Crippen molar-refractivity contribution in [2.24, 2.45) is 23.7 Å². The van der Waals surface area contributed by atoms with E-state index in [4.69, 9.17) is 11.6 Å². The second kappa shape index (κ2) is 9.26. The molecule has 1 aromatic rings. The van der Waals surface area contributed by atoms with Gasteiger partial charge >= 0.3 is 0 Å². The number of benzene rings is 1. The maximum Gasteiger partial charge on any atom is 0.0565 e. The minimum atomic E-state index is 0.755. The first kappa shape index (κ1) is 20.9. The van der Waals surface area contributed by atoms with Crippen LogP contribution >= 0.6 is 11.6 Å². The van der Waals surface area contributed by atoms with Gasteiger partial charge in [-0.25, -0.2) is 0 Å². The molecule has 0 radical (unpaired) electrons. The summed E-state index contributed by atoms with van der Waals surface area (Å²) in [6.07, 6.45) is 15.3. The Labute approximate surface area is 188 Å². The van der Waals surface area contributed by atoms with Gasteiger partial charge in [-0.05, 0) is 98.8 Å². The SMILES string of the molecule is CCN(CCC#Cc1ccc(C2C3CC4CC(C3)CC2C4)cc1Cl)C1CCCCC1. The molecule has 4 bridgehead atoms. The number of rotatable bonds is 5. The smallest absolute Gasteiger partial charge is 0.0565 e. The average Bonchev–Trinajstić information content (AvgIpc) is 2.75. The van der Waals surface area contributed by atoms with Crippen molar-refractivity contribution >= 4 is 11.6 Å². The van der Waals surface area contributed by atoms with Gasteiger partial charge < -0.3 is 0 Å². The second-order valence-electron chi connectivity index (χ2n) is 10.7. The Morgan fingerprint density at radius 2 is 1.67 bits per heavy atom. The standard InChI is InChI=1S/C28H38ClN/c1-2-30(26-9-4-3-5-10-26)13-7-6-8-22-11-12-23(19-27(22)29)28-24-15-20-14-21(17-24)18-25(28)16-20/h11-12,19-21,24-26,28H,2-5,7,9-10,13-18H2,1H3. The highest BCUT2D eigenvalue weighted by Crippen LogP contribution is 2.59. The molecule has 30 heavy (non-hydrogen) atoms. The van der Waals surface area contributed by atoms with Gasteiger partial charge in [-0.15, -0.1) is 0 Å². The van der Waals surface area contributed by atoms with Crippen molar-refractivity contribution in [1.82, 2.24) is 4.90 Å². The van der Waals surface area contributed by atoms with Crippen LogP contribution in [0.1, 0.15) is 94.6 Å². The van der Waals surface area contributed by atoms with Crippen molar-refractivity contribution in [2.75, 3.05) is 13.1 Å². The van der Waals surface area contributed by atoms with Crippen molar-refractivity contribution < 1.29 is 0 Å². The maximum atomic E-state index is 6.72. The molecule has 0 unspecified atom stereocenters. The van der Waals surface area contributed by atoms with Crippen molar-refractivity contribution in [3.05, 3.63) is 34.3 Å². The predicted molar refractivity (Wildman–Crippen MR) is 127 cm³/mol. The van der Waals surface area contributed by atoms with E-state index in [0.29, 0.717) is 0 Å². The largest absolute Gasteiger partial charge is 0.300 e. The first-order chi connectivity index (χ1) is 14.7. The van der Waals surface area contributed by atoms with E-state index in [2.05, 4.69) is 41.9 Å². The quantitative estimate of drug-likeness (QED) is 0.450. The van der Waals surface area contributed by atoms with Crippen LogP contribution in [0.4, 0.5) is 0 Å². The highest BCUT2D eigenvalue weighted by molar-refractivity contribution is 6.31. The summed E-state index contributed by atoms with van der Waals surface area (Å²) < 4.78 is 0. The summed E-state index contributed by atoms with van der Waals surface area (Å²) in [5.41, 5.74) is 2.51. The minimum Gasteiger partial charge on any atom is -0.300 e. The zero-order chi connectivity index (χ0) is 20.5. The highest BCUT2D eigenvalue weighted by atomic mass is 35.5. The third-order valence-electron chi connectivity index (χ3n) is 8.85. The van der Waals surface area contributed by atoms with Gasteiger partial charge in [0.05, 0.1) is 5.02 Å². The fourth-order valence-corrected chi connectivity index (χ4v) is 7.95. The average molecular weight is 424 g/mol. The molecule has 0 atom stereocenters. The third-order valence-corrected chi connectivity index (χ3v) is 9.16. The maximum absolute atomic E-state index is 6.72. The van der Waals surface area contributed by atoms with Gasteiger partial charge in [-0.1, -0.05) is 55.7 Å². The fraction of sp³-hybridized carbons (Fsp3) is 0.714. The van der Waals surface area contributed by atoms with E-state index >= 15 is 0 Å². The molecule has 6 rings (SSSR count). The lowest BCUT2D eigenvalue weighted by molar-refractivity contribution is -0.00277. The molecular formula is C28H38ClN. The van der Waals surface area contributed by atoms with Gasteiger partial charge in [0.2, 0.25) is 0 Å². The Morgan fingerprint density at radius 3 is 2.30 bits per heavy atom. The molecule has 0 spiro atoms. The van der Waals surface area contributed by atoms with Crippen LogP contribution in [0.3, 0.4) is 0 Å². The Morgan fingerprint density at radius 1 is 0.967 bits per heavy atom. The van der Waals surface area contributed by atoms with Crippen molar-refractivity contribution in [1.29, 1.82) is 0 Å². The number of nitrogens with zero attached hydrogens (tertiary/aromatic N) is 1. The van der Waals surface area contributed by atoms with Gasteiger partial charge in [0.1, 0.15) is 0 Å². The highest BCUT2D eigenvalue weighted by Gasteiger charge is 2.48. The monoisotopic (exact) mass is 423 g/mol. The molecule has 0 saturated heterocycles. The molecule has 0 amide bonds. The summed E-state index contributed by atoms with van der Waals surface area (Å²) in [6.45, 7) is 4.53. The Kier molecular flexibility index (Phi) is 6.45. The lowest BCUT2D eigenvalue weighted by Gasteiger charge is -2.54. The van der Waals surface area contributed by atoms with Gasteiger partial charge in [0.25, 0.3) is 0 Å². The van der Waals surface area contributed by atoms with Gasteiger partial charge in [0, 0.05) is 24.6 Å². The van der Waals surface area contributed by atoms with Crippen LogP contribution < -0.4 is 0 Å². The van der Waals surface area contributed by atoms with Gasteiger partial charge in [-0.3, -0.25) is 4.90 Å². The summed E-state index contributed by atoms with van der Waals surface area (Å²) in [5, 5.41) is 0.869. The van der Waals surface area contributed by atoms with Gasteiger partial charge in [0.15, 0.2) is 0 Å². The Bertz CT molecular complexity index is 769. The molecule has 0 aromatic heterocycles. The molecule has 5 aliphatic rings. The zero-order valence-electron chi connectivity index (χ0n) is 18.7. The second-order valence-corrected chi connectivity index (χ2v) is 11.1. The summed E-state index contributed by atoms with van der Waals surface area (Å²) in [5.74, 6) is 11.4. The lowest BCUT2D eigenvalue weighted by atomic mass is 9.51. The van der Waals surface area contributed by atoms with Gasteiger partial charge in [-0.2, -0.15) is 0 Å². The summed E-state index contributed by atoms with van der Waals surface area (Å²) in [7, 11) is 0. The van der Waals surface area contributed by atoms with E-state index in [0.717, 1.165) is 65.7 Å². The molecular weight excluding hydrogens is 386 g/mol. The summed E-state index contributed by atoms with van der Waals surface area (Å²) >= 11 is 6.72. The molecule has 0 N–H and O–H groups in total. The van der Waals surface area contributed by atoms with E-state index in [1.807, 2.05) is 0 Å². The van der Waals surface area contributed by atoms with Crippen molar-refractivity contribution in [3.63, 3.8) is 0 Å². The minimum absolute atomic E-state index is 0.755. The van der Waals surface area contributed by atoms with E-state index in [9.17, 15) is 0 Å². The number of hydrogen-bond acceptors (Lipinski definition) is 1. The molecule has 5 saturated carbocycles. The Hall–Kier alpha value is -0.970. The number of halogens is 1. The molecule has 5 fully saturated rings. The Balaban J connectivity index is 1.21. The van der Waals surface area contributed by atoms with Crippen LogP contribution in [0.2, 0.25) is 5.02 Å². The van der Waals surface area contributed by atoms with E-state index in [-0.39, 0.29) is 0 Å². The van der Waals surface area contributed by atoms with E-state index in [1.54, 1.807) is 0 Å². The van der Waals surface area contributed by atoms with Crippen LogP contribution in [0.25, 0.3) is 0 Å². The van der Waals surface area contributed by atoms with Crippen LogP contribution in [0.15, 0.2) is 18.2 Å². The third kappa shape index (κ3) is 4.33. The zero-order valence-corrected chi connectivity index (χ0v) is 19.5. The molecule has 162 valence electrons. The predicted octanol–water partition coefficient (Wildman–Crippen LogP) is 7.28. The molecule has 1 nitrogen and oxygen atoms in total. The van der Waals surface area contributed by atoms with E-state index in [1.165, 1.54) is 69.8 Å². The van der Waals surface area contributed by atoms with Crippen LogP contribution in [-0.2, 0) is 0 Å². The lowest BCUT2D eigenvalue weighted by Crippen LogP contribution is -2.43. The molecule has 0 aliphatic heterocycles. The van der Waals surface area contributed by atoms with Crippen LogP contribution in [0, 0.1) is 35.5 Å². The van der Waals surface area contributed by atoms with Crippen molar-refractivity contribution in [3.8, 4) is 11.8 Å².